The third kappa shape index (κ3) is 4.62. The zero-order chi connectivity index (χ0) is 22.8. The molecule has 2 aromatic heterocycles. The summed E-state index contributed by atoms with van der Waals surface area (Å²) in [5.74, 6) is 0.869. The minimum absolute atomic E-state index is 0.0208. The molecule has 1 aliphatic heterocycles. The normalized spacial score (nSPS) is 21.4. The first kappa shape index (κ1) is 22.0. The van der Waals surface area contributed by atoms with Crippen LogP contribution in [-0.2, 0) is 0 Å². The Hall–Kier alpha value is -2.86. The van der Waals surface area contributed by atoms with Gasteiger partial charge in [0.1, 0.15) is 5.75 Å². The van der Waals surface area contributed by atoms with Crippen molar-refractivity contribution in [2.75, 3.05) is 4.90 Å². The van der Waals surface area contributed by atoms with Gasteiger partial charge in [-0.2, -0.15) is 0 Å². The zero-order valence-electron chi connectivity index (χ0n) is 19.4. The lowest BCUT2D eigenvalue weighted by Gasteiger charge is -2.28. The van der Waals surface area contributed by atoms with Gasteiger partial charge in [-0.05, 0) is 86.9 Å². The molecule has 0 radical (unpaired) electrons. The van der Waals surface area contributed by atoms with E-state index in [1.54, 1.807) is 0 Å². The standard InChI is InChI=1S/C27H32N4OS/c1-19(2)32-23-13-11-22(12-14-23)31-26(25(29-27(31)33)24-10-6-7-16-28-24)20-15-17-30(18-20)21-8-4-3-5-9-21/h6-7,10-19,21,25-26H,3-5,8-9H2,1-2H3,(H,29,33)/t25-,26+/m1/s1. The maximum Gasteiger partial charge on any atom is 0.174 e. The topological polar surface area (TPSA) is 42.3 Å². The molecule has 3 aromatic rings. The highest BCUT2D eigenvalue weighted by molar-refractivity contribution is 7.80. The van der Waals surface area contributed by atoms with Gasteiger partial charge >= 0.3 is 0 Å². The van der Waals surface area contributed by atoms with Crippen LogP contribution in [0.25, 0.3) is 0 Å². The van der Waals surface area contributed by atoms with Crippen molar-refractivity contribution in [3.63, 3.8) is 0 Å². The molecule has 0 bridgehead atoms. The molecule has 2 atom stereocenters. The van der Waals surface area contributed by atoms with Gasteiger partial charge in [-0.25, -0.2) is 0 Å². The molecule has 6 heteroatoms. The van der Waals surface area contributed by atoms with Crippen molar-refractivity contribution in [1.82, 2.24) is 14.9 Å². The van der Waals surface area contributed by atoms with Crippen LogP contribution >= 0.6 is 12.2 Å². The molecule has 5 nitrogen and oxygen atoms in total. The number of nitrogens with zero attached hydrogens (tertiary/aromatic N) is 3. The van der Waals surface area contributed by atoms with Gasteiger partial charge in [0.15, 0.2) is 5.11 Å². The molecule has 172 valence electrons. The lowest BCUT2D eigenvalue weighted by atomic mass is 9.95. The number of aromatic nitrogens is 2. The van der Waals surface area contributed by atoms with Crippen LogP contribution in [0.2, 0.25) is 0 Å². The Morgan fingerprint density at radius 3 is 2.52 bits per heavy atom. The predicted molar refractivity (Wildman–Crippen MR) is 137 cm³/mol. The summed E-state index contributed by atoms with van der Waals surface area (Å²) >= 11 is 5.86. The molecule has 0 unspecified atom stereocenters. The fourth-order valence-corrected chi connectivity index (χ4v) is 5.49. The number of hydrogen-bond acceptors (Lipinski definition) is 3. The fourth-order valence-electron chi connectivity index (χ4n) is 5.14. The molecule has 5 rings (SSSR count). The van der Waals surface area contributed by atoms with E-state index in [0.717, 1.165) is 22.2 Å². The Morgan fingerprint density at radius 1 is 1.03 bits per heavy atom. The smallest absolute Gasteiger partial charge is 0.174 e. The highest BCUT2D eigenvalue weighted by Crippen LogP contribution is 2.42. The van der Waals surface area contributed by atoms with E-state index < -0.39 is 0 Å². The summed E-state index contributed by atoms with van der Waals surface area (Å²) in [5, 5.41) is 4.28. The summed E-state index contributed by atoms with van der Waals surface area (Å²) in [6.45, 7) is 4.08. The van der Waals surface area contributed by atoms with Crippen molar-refractivity contribution in [2.24, 2.45) is 0 Å². The molecule has 1 saturated heterocycles. The predicted octanol–water partition coefficient (Wildman–Crippen LogP) is 6.35. The van der Waals surface area contributed by atoms with Crippen LogP contribution in [0.15, 0.2) is 67.1 Å². The molecule has 1 aliphatic carbocycles. The molecule has 3 heterocycles. The van der Waals surface area contributed by atoms with Crippen LogP contribution in [0, 0.1) is 0 Å². The number of thiocarbonyl (C=S) groups is 1. The van der Waals surface area contributed by atoms with Gasteiger partial charge in [-0.3, -0.25) is 4.98 Å². The van der Waals surface area contributed by atoms with Crippen LogP contribution in [-0.4, -0.2) is 20.8 Å². The number of hydrogen-bond donors (Lipinski definition) is 1. The van der Waals surface area contributed by atoms with Gasteiger partial charge in [0.25, 0.3) is 0 Å². The number of pyridine rings is 1. The van der Waals surface area contributed by atoms with Crippen molar-refractivity contribution in [2.45, 2.75) is 70.2 Å². The number of ether oxygens (including phenoxy) is 1. The van der Waals surface area contributed by atoms with Gasteiger partial charge in [0.05, 0.1) is 23.9 Å². The molecule has 1 saturated carbocycles. The van der Waals surface area contributed by atoms with Gasteiger partial charge in [-0.1, -0.05) is 25.3 Å². The second kappa shape index (κ2) is 9.56. The highest BCUT2D eigenvalue weighted by Gasteiger charge is 2.41. The fraction of sp³-hybridized carbons (Fsp3) is 0.407. The number of anilines is 1. The van der Waals surface area contributed by atoms with E-state index in [-0.39, 0.29) is 18.2 Å². The highest BCUT2D eigenvalue weighted by atomic mass is 32.1. The van der Waals surface area contributed by atoms with E-state index >= 15 is 0 Å². The third-order valence-electron chi connectivity index (χ3n) is 6.66. The Labute approximate surface area is 201 Å². The van der Waals surface area contributed by atoms with Crippen molar-refractivity contribution in [3.05, 3.63) is 78.4 Å². The molecule has 0 amide bonds. The Bertz CT molecular complexity index is 1070. The lowest BCUT2D eigenvalue weighted by Crippen LogP contribution is -2.29. The van der Waals surface area contributed by atoms with E-state index in [9.17, 15) is 0 Å². The van der Waals surface area contributed by atoms with Crippen LogP contribution in [0.1, 0.15) is 75.3 Å². The summed E-state index contributed by atoms with van der Waals surface area (Å²) in [7, 11) is 0. The second-order valence-electron chi connectivity index (χ2n) is 9.34. The van der Waals surface area contributed by atoms with E-state index in [0.29, 0.717) is 6.04 Å². The quantitative estimate of drug-likeness (QED) is 0.434. The van der Waals surface area contributed by atoms with E-state index in [1.807, 2.05) is 44.3 Å². The second-order valence-corrected chi connectivity index (χ2v) is 9.73. The van der Waals surface area contributed by atoms with Crippen molar-refractivity contribution in [1.29, 1.82) is 0 Å². The Balaban J connectivity index is 1.50. The van der Waals surface area contributed by atoms with Crippen LogP contribution in [0.4, 0.5) is 5.69 Å². The molecule has 1 N–H and O–H groups in total. The van der Waals surface area contributed by atoms with Crippen LogP contribution in [0.5, 0.6) is 5.75 Å². The lowest BCUT2D eigenvalue weighted by molar-refractivity contribution is 0.242. The molecular weight excluding hydrogens is 428 g/mol. The molecular formula is C27H32N4OS. The summed E-state index contributed by atoms with van der Waals surface area (Å²) in [6, 6.07) is 17.2. The Morgan fingerprint density at radius 2 is 1.82 bits per heavy atom. The largest absolute Gasteiger partial charge is 0.491 e. The molecule has 1 aromatic carbocycles. The zero-order valence-corrected chi connectivity index (χ0v) is 20.2. The van der Waals surface area contributed by atoms with Gasteiger partial charge in [0.2, 0.25) is 0 Å². The average molecular weight is 461 g/mol. The molecule has 33 heavy (non-hydrogen) atoms. The Kier molecular flexibility index (Phi) is 6.36. The van der Waals surface area contributed by atoms with Gasteiger partial charge in [0, 0.05) is 30.3 Å². The minimum Gasteiger partial charge on any atom is -0.491 e. The summed E-state index contributed by atoms with van der Waals surface area (Å²) < 4.78 is 8.27. The van der Waals surface area contributed by atoms with Gasteiger partial charge in [-0.15, -0.1) is 0 Å². The van der Waals surface area contributed by atoms with Crippen molar-refractivity contribution >= 4 is 23.0 Å². The van der Waals surface area contributed by atoms with E-state index in [4.69, 9.17) is 17.0 Å². The first-order chi connectivity index (χ1) is 16.1. The number of nitrogens with one attached hydrogen (secondary N) is 1. The third-order valence-corrected chi connectivity index (χ3v) is 6.97. The monoisotopic (exact) mass is 460 g/mol. The molecule has 2 aliphatic rings. The maximum atomic E-state index is 5.86. The number of benzene rings is 1. The SMILES string of the molecule is CC(C)Oc1ccc(N2C(=S)N[C@H](c3ccccn3)[C@@H]2c2ccn(C3CCCCC3)c2)cc1. The molecule has 0 spiro atoms. The average Bonchev–Trinajstić information content (AvgIpc) is 3.45. The molecule has 2 fully saturated rings. The summed E-state index contributed by atoms with van der Waals surface area (Å²) in [6.07, 6.45) is 13.1. The van der Waals surface area contributed by atoms with E-state index in [2.05, 4.69) is 56.4 Å². The number of rotatable bonds is 6. The van der Waals surface area contributed by atoms with Crippen molar-refractivity contribution < 1.29 is 4.74 Å². The van der Waals surface area contributed by atoms with Gasteiger partial charge < -0.3 is 19.5 Å². The van der Waals surface area contributed by atoms with E-state index in [1.165, 1.54) is 37.7 Å². The van der Waals surface area contributed by atoms with Crippen LogP contribution in [0.3, 0.4) is 0 Å². The summed E-state index contributed by atoms with van der Waals surface area (Å²) in [4.78, 5) is 6.90. The maximum absolute atomic E-state index is 5.86. The van der Waals surface area contributed by atoms with Crippen molar-refractivity contribution in [3.8, 4) is 5.75 Å². The first-order valence-electron chi connectivity index (χ1n) is 12.0. The van der Waals surface area contributed by atoms with Crippen LogP contribution < -0.4 is 15.0 Å². The summed E-state index contributed by atoms with van der Waals surface area (Å²) in [5.41, 5.74) is 3.31. The minimum atomic E-state index is -0.0208. The first-order valence-corrected chi connectivity index (χ1v) is 12.5.